The Labute approximate surface area is 196 Å². The second-order valence-corrected chi connectivity index (χ2v) is 8.94. The van der Waals surface area contributed by atoms with Crippen LogP contribution in [0.1, 0.15) is 35.0 Å². The highest BCUT2D eigenvalue weighted by Gasteiger charge is 2.15. The summed E-state index contributed by atoms with van der Waals surface area (Å²) in [5.74, 6) is 0.665. The molecule has 1 N–H and O–H groups in total. The van der Waals surface area contributed by atoms with Gasteiger partial charge in [-0.1, -0.05) is 54.6 Å². The number of anilines is 1. The van der Waals surface area contributed by atoms with E-state index in [1.165, 1.54) is 17.3 Å². The van der Waals surface area contributed by atoms with Gasteiger partial charge in [-0.05, 0) is 61.2 Å². The number of benzene rings is 2. The minimum atomic E-state index is -0.0929. The zero-order valence-corrected chi connectivity index (χ0v) is 19.8. The summed E-state index contributed by atoms with van der Waals surface area (Å²) in [5, 5.41) is 8.75. The number of hydrogen-bond donors (Lipinski definition) is 1. The lowest BCUT2D eigenvalue weighted by Gasteiger charge is -2.10. The Morgan fingerprint density at radius 1 is 1.09 bits per heavy atom. The monoisotopic (exact) mass is 465 g/mol. The predicted molar refractivity (Wildman–Crippen MR) is 130 cm³/mol. The summed E-state index contributed by atoms with van der Waals surface area (Å²) in [6.45, 7) is 6.08. The summed E-state index contributed by atoms with van der Waals surface area (Å²) in [6.07, 6.45) is 1.64. The molecule has 2 aromatic heterocycles. The lowest BCUT2D eigenvalue weighted by molar-refractivity contribution is -0.113. The van der Waals surface area contributed by atoms with Crippen LogP contribution in [0.25, 0.3) is 5.78 Å². The third kappa shape index (κ3) is 5.11. The van der Waals surface area contributed by atoms with Gasteiger partial charge in [-0.3, -0.25) is 4.79 Å². The van der Waals surface area contributed by atoms with E-state index in [9.17, 15) is 4.79 Å². The number of aryl methyl sites for hydroxylation is 3. The smallest absolute Gasteiger partial charge is 0.253 e. The molecule has 2 heterocycles. The summed E-state index contributed by atoms with van der Waals surface area (Å²) in [7, 11) is 0. The van der Waals surface area contributed by atoms with Crippen LogP contribution in [0.4, 0.5) is 5.69 Å². The molecule has 0 saturated carbocycles. The van der Waals surface area contributed by atoms with Gasteiger partial charge >= 0.3 is 0 Å². The van der Waals surface area contributed by atoms with Crippen molar-refractivity contribution in [3.05, 3.63) is 81.6 Å². The number of carbonyl (C=O) groups is 1. The number of halogens is 1. The van der Waals surface area contributed by atoms with Gasteiger partial charge in [0.25, 0.3) is 5.78 Å². The Bertz CT molecular complexity index is 1290. The number of thioether (sulfide) groups is 1. The Balaban J connectivity index is 1.48. The SMILES string of the molecule is CCc1cccc(NC(=O)CSc2nc3nc(C)c(Cc4cccc(Cl)c4)c(C)n3n2)c1. The van der Waals surface area contributed by atoms with Crippen molar-refractivity contribution in [1.82, 2.24) is 19.6 Å². The molecule has 0 bridgehead atoms. The van der Waals surface area contributed by atoms with Crippen molar-refractivity contribution in [1.29, 1.82) is 0 Å². The van der Waals surface area contributed by atoms with Gasteiger partial charge in [0.2, 0.25) is 11.1 Å². The first-order valence-corrected chi connectivity index (χ1v) is 11.8. The van der Waals surface area contributed by atoms with Crippen molar-refractivity contribution in [3.63, 3.8) is 0 Å². The molecule has 32 heavy (non-hydrogen) atoms. The van der Waals surface area contributed by atoms with Crippen molar-refractivity contribution < 1.29 is 4.79 Å². The fourth-order valence-electron chi connectivity index (χ4n) is 3.55. The van der Waals surface area contributed by atoms with E-state index >= 15 is 0 Å². The number of carbonyl (C=O) groups excluding carboxylic acids is 1. The molecule has 0 spiro atoms. The van der Waals surface area contributed by atoms with Gasteiger partial charge in [-0.25, -0.2) is 9.50 Å². The van der Waals surface area contributed by atoms with Crippen molar-refractivity contribution in [2.24, 2.45) is 0 Å². The number of rotatable bonds is 7. The van der Waals surface area contributed by atoms with E-state index in [0.717, 1.165) is 34.6 Å². The standard InChI is InChI=1S/C24H24ClN5OS/c1-4-17-7-6-10-20(12-17)27-22(31)14-32-24-28-23-26-15(2)21(16(3)30(23)29-24)13-18-8-5-9-19(25)11-18/h5-12H,4,13-14H2,1-3H3,(H,27,31). The van der Waals surface area contributed by atoms with E-state index in [4.69, 9.17) is 11.6 Å². The molecular weight excluding hydrogens is 442 g/mol. The first-order chi connectivity index (χ1) is 15.4. The van der Waals surface area contributed by atoms with Gasteiger partial charge in [-0.15, -0.1) is 5.10 Å². The van der Waals surface area contributed by atoms with Gasteiger partial charge in [0.1, 0.15) is 0 Å². The topological polar surface area (TPSA) is 72.2 Å². The quantitative estimate of drug-likeness (QED) is 0.376. The average Bonchev–Trinajstić information content (AvgIpc) is 3.18. The number of fused-ring (bicyclic) bond motifs is 1. The molecule has 1 amide bonds. The summed E-state index contributed by atoms with van der Waals surface area (Å²) in [6, 6.07) is 15.7. The molecule has 0 aliphatic rings. The summed E-state index contributed by atoms with van der Waals surface area (Å²) in [4.78, 5) is 21.5. The molecule has 4 aromatic rings. The van der Waals surface area contributed by atoms with Crippen LogP contribution in [0.2, 0.25) is 5.02 Å². The van der Waals surface area contributed by atoms with Gasteiger partial charge in [-0.2, -0.15) is 4.98 Å². The van der Waals surface area contributed by atoms with Crippen LogP contribution in [0.15, 0.2) is 53.7 Å². The third-order valence-electron chi connectivity index (χ3n) is 5.25. The first-order valence-electron chi connectivity index (χ1n) is 10.4. The molecule has 0 atom stereocenters. The molecule has 6 nitrogen and oxygen atoms in total. The Hall–Kier alpha value is -2.90. The van der Waals surface area contributed by atoms with Crippen LogP contribution in [-0.4, -0.2) is 31.2 Å². The Morgan fingerprint density at radius 2 is 1.88 bits per heavy atom. The van der Waals surface area contributed by atoms with Gasteiger partial charge in [0.15, 0.2) is 0 Å². The van der Waals surface area contributed by atoms with Gasteiger partial charge in [0.05, 0.1) is 5.75 Å². The molecule has 4 rings (SSSR count). The molecule has 8 heteroatoms. The predicted octanol–water partition coefficient (Wildman–Crippen LogP) is 5.28. The van der Waals surface area contributed by atoms with Crippen LogP contribution in [-0.2, 0) is 17.6 Å². The van der Waals surface area contributed by atoms with E-state index in [1.54, 1.807) is 4.52 Å². The number of nitrogens with one attached hydrogen (secondary N) is 1. The van der Waals surface area contributed by atoms with E-state index < -0.39 is 0 Å². The highest BCUT2D eigenvalue weighted by molar-refractivity contribution is 7.99. The minimum Gasteiger partial charge on any atom is -0.325 e. The Kier molecular flexibility index (Phi) is 6.77. The lowest BCUT2D eigenvalue weighted by Crippen LogP contribution is -2.14. The van der Waals surface area contributed by atoms with Gasteiger partial charge < -0.3 is 5.32 Å². The Morgan fingerprint density at radius 3 is 2.66 bits per heavy atom. The van der Waals surface area contributed by atoms with Crippen LogP contribution in [0, 0.1) is 13.8 Å². The number of hydrogen-bond acceptors (Lipinski definition) is 5. The maximum atomic E-state index is 12.4. The highest BCUT2D eigenvalue weighted by atomic mass is 35.5. The second-order valence-electron chi connectivity index (χ2n) is 7.56. The maximum absolute atomic E-state index is 12.4. The highest BCUT2D eigenvalue weighted by Crippen LogP contribution is 2.22. The zero-order valence-electron chi connectivity index (χ0n) is 18.2. The van der Waals surface area contributed by atoms with Crippen LogP contribution < -0.4 is 5.32 Å². The second kappa shape index (κ2) is 9.71. The van der Waals surface area contributed by atoms with Crippen LogP contribution in [0.3, 0.4) is 0 Å². The van der Waals surface area contributed by atoms with E-state index in [2.05, 4.69) is 27.3 Å². The third-order valence-corrected chi connectivity index (χ3v) is 6.32. The normalized spacial score (nSPS) is 11.1. The minimum absolute atomic E-state index is 0.0929. The van der Waals surface area contributed by atoms with Crippen LogP contribution >= 0.6 is 23.4 Å². The van der Waals surface area contributed by atoms with E-state index in [1.807, 2.05) is 62.4 Å². The van der Waals surface area contributed by atoms with Crippen molar-refractivity contribution in [2.75, 3.05) is 11.1 Å². The van der Waals surface area contributed by atoms with Crippen molar-refractivity contribution in [3.8, 4) is 0 Å². The molecule has 0 fully saturated rings. The molecule has 0 saturated heterocycles. The van der Waals surface area contributed by atoms with E-state index in [0.29, 0.717) is 22.4 Å². The fourth-order valence-corrected chi connectivity index (χ4v) is 4.39. The summed E-state index contributed by atoms with van der Waals surface area (Å²) in [5.41, 5.74) is 6.08. The average molecular weight is 466 g/mol. The van der Waals surface area contributed by atoms with E-state index in [-0.39, 0.29) is 11.7 Å². The molecule has 0 aliphatic heterocycles. The van der Waals surface area contributed by atoms with Crippen molar-refractivity contribution in [2.45, 2.75) is 38.8 Å². The molecule has 0 aliphatic carbocycles. The zero-order chi connectivity index (χ0) is 22.7. The largest absolute Gasteiger partial charge is 0.325 e. The summed E-state index contributed by atoms with van der Waals surface area (Å²) >= 11 is 7.43. The molecule has 0 radical (unpaired) electrons. The first kappa shape index (κ1) is 22.3. The molecule has 2 aromatic carbocycles. The number of nitrogens with zero attached hydrogens (tertiary/aromatic N) is 4. The fraction of sp³-hybridized carbons (Fsp3) is 0.250. The number of aromatic nitrogens is 4. The molecule has 0 unspecified atom stereocenters. The van der Waals surface area contributed by atoms with Crippen molar-refractivity contribution >= 4 is 40.7 Å². The summed E-state index contributed by atoms with van der Waals surface area (Å²) < 4.78 is 1.75. The number of amides is 1. The molecule has 164 valence electrons. The van der Waals surface area contributed by atoms with Crippen LogP contribution in [0.5, 0.6) is 0 Å². The molecular formula is C24H24ClN5OS. The van der Waals surface area contributed by atoms with Gasteiger partial charge in [0, 0.05) is 28.5 Å². The lowest BCUT2D eigenvalue weighted by atomic mass is 10.0. The maximum Gasteiger partial charge on any atom is 0.253 e.